The van der Waals surface area contributed by atoms with Crippen molar-refractivity contribution in [1.29, 1.82) is 0 Å². The Labute approximate surface area is 169 Å². The minimum Gasteiger partial charge on any atom is -0.497 e. The van der Waals surface area contributed by atoms with Crippen molar-refractivity contribution >= 4 is 7.12 Å². The molecule has 4 nitrogen and oxygen atoms in total. The number of benzene rings is 2. The maximum atomic E-state index is 6.34. The summed E-state index contributed by atoms with van der Waals surface area (Å²) in [4.78, 5) is 0. The Kier molecular flexibility index (Phi) is 6.48. The molecule has 0 amide bonds. The molecule has 0 spiro atoms. The molecule has 0 saturated carbocycles. The molecule has 150 valence electrons. The highest BCUT2D eigenvalue weighted by Gasteiger charge is 2.53. The molecule has 1 saturated heterocycles. The summed E-state index contributed by atoms with van der Waals surface area (Å²) in [5.41, 5.74) is 1.64. The molecule has 2 aromatic carbocycles. The minimum atomic E-state index is -0.354. The van der Waals surface area contributed by atoms with E-state index in [1.807, 2.05) is 30.3 Å². The summed E-state index contributed by atoms with van der Waals surface area (Å²) in [5, 5.41) is 0. The molecular weight excluding hydrogens is 351 g/mol. The van der Waals surface area contributed by atoms with Crippen LogP contribution < -0.4 is 4.74 Å². The zero-order chi connectivity index (χ0) is 20.2. The maximum absolute atomic E-state index is 6.34. The van der Waals surface area contributed by atoms with Gasteiger partial charge >= 0.3 is 7.12 Å². The summed E-state index contributed by atoms with van der Waals surface area (Å²) in [6, 6.07) is 18.4. The fourth-order valence-corrected chi connectivity index (χ4v) is 3.34. The highest BCUT2D eigenvalue weighted by molar-refractivity contribution is 6.47. The van der Waals surface area contributed by atoms with Gasteiger partial charge in [0.05, 0.1) is 24.9 Å². The van der Waals surface area contributed by atoms with Gasteiger partial charge in [0, 0.05) is 12.4 Å². The van der Waals surface area contributed by atoms with E-state index < -0.39 is 0 Å². The van der Waals surface area contributed by atoms with Crippen molar-refractivity contribution < 1.29 is 18.8 Å². The van der Waals surface area contributed by atoms with Crippen molar-refractivity contribution in [2.45, 2.75) is 57.7 Å². The molecule has 1 heterocycles. The first-order chi connectivity index (χ1) is 13.3. The van der Waals surface area contributed by atoms with Crippen molar-refractivity contribution in [3.05, 3.63) is 65.7 Å². The van der Waals surface area contributed by atoms with E-state index in [0.29, 0.717) is 13.2 Å². The molecule has 0 radical (unpaired) electrons. The molecule has 1 fully saturated rings. The fraction of sp³-hybridized carbons (Fsp3) is 0.478. The standard InChI is InChI=1S/C23H31BO4/c1-22(2)23(3,4)28-24(27-22)21(19-11-13-20(25-5)14-12-19)15-16-26-17-18-9-7-6-8-10-18/h6-14,21H,15-17H2,1-5H3/t21-/m1/s1. The predicted octanol–water partition coefficient (Wildman–Crippen LogP) is 5.02. The first-order valence-electron chi connectivity index (χ1n) is 9.94. The smallest absolute Gasteiger partial charge is 0.465 e. The minimum absolute atomic E-state index is 0.0859. The summed E-state index contributed by atoms with van der Waals surface area (Å²) in [7, 11) is 1.37. The Balaban J connectivity index is 1.69. The first-order valence-corrected chi connectivity index (χ1v) is 9.94. The quantitative estimate of drug-likeness (QED) is 0.475. The SMILES string of the molecule is COc1ccc([C@@H](CCOCc2ccccc2)B2OC(C)(C)C(C)(C)O2)cc1. The van der Waals surface area contributed by atoms with E-state index >= 15 is 0 Å². The summed E-state index contributed by atoms with van der Waals surface area (Å²) < 4.78 is 23.9. The lowest BCUT2D eigenvalue weighted by Crippen LogP contribution is -2.41. The molecule has 0 N–H and O–H groups in total. The van der Waals surface area contributed by atoms with Crippen LogP contribution >= 0.6 is 0 Å². The van der Waals surface area contributed by atoms with Gasteiger partial charge in [-0.15, -0.1) is 0 Å². The van der Waals surface area contributed by atoms with Gasteiger partial charge in [0.2, 0.25) is 0 Å². The van der Waals surface area contributed by atoms with Crippen LogP contribution in [0.5, 0.6) is 5.75 Å². The lowest BCUT2D eigenvalue weighted by atomic mass is 9.66. The first kappa shape index (κ1) is 20.9. The molecule has 1 aliphatic rings. The van der Waals surface area contributed by atoms with E-state index in [0.717, 1.165) is 12.2 Å². The molecule has 0 aliphatic carbocycles. The van der Waals surface area contributed by atoms with Crippen molar-refractivity contribution in [2.24, 2.45) is 0 Å². The van der Waals surface area contributed by atoms with Crippen molar-refractivity contribution in [2.75, 3.05) is 13.7 Å². The van der Waals surface area contributed by atoms with Gasteiger partial charge in [-0.25, -0.2) is 0 Å². The molecule has 0 unspecified atom stereocenters. The number of methoxy groups -OCH3 is 1. The van der Waals surface area contributed by atoms with Gasteiger partial charge < -0.3 is 18.8 Å². The Bertz CT molecular complexity index is 727. The summed E-state index contributed by atoms with van der Waals surface area (Å²) in [6.45, 7) is 9.59. The number of hydrogen-bond acceptors (Lipinski definition) is 4. The van der Waals surface area contributed by atoms with E-state index in [1.165, 1.54) is 11.1 Å². The highest BCUT2D eigenvalue weighted by Crippen LogP contribution is 2.41. The number of hydrogen-bond donors (Lipinski definition) is 0. The van der Waals surface area contributed by atoms with E-state index in [-0.39, 0.29) is 24.1 Å². The zero-order valence-corrected chi connectivity index (χ0v) is 17.6. The van der Waals surface area contributed by atoms with Gasteiger partial charge in [-0.1, -0.05) is 42.5 Å². The van der Waals surface area contributed by atoms with Crippen LogP contribution in [0.4, 0.5) is 0 Å². The Hall–Kier alpha value is -1.82. The van der Waals surface area contributed by atoms with E-state index in [4.69, 9.17) is 18.8 Å². The largest absolute Gasteiger partial charge is 0.497 e. The molecule has 28 heavy (non-hydrogen) atoms. The number of ether oxygens (including phenoxy) is 2. The third-order valence-corrected chi connectivity index (χ3v) is 5.83. The van der Waals surface area contributed by atoms with Gasteiger partial charge in [0.15, 0.2) is 0 Å². The van der Waals surface area contributed by atoms with Crippen LogP contribution in [0.1, 0.15) is 51.1 Å². The van der Waals surface area contributed by atoms with Crippen LogP contribution in [-0.2, 0) is 20.7 Å². The topological polar surface area (TPSA) is 36.9 Å². The summed E-state index contributed by atoms with van der Waals surface area (Å²) in [6.07, 6.45) is 0.815. The van der Waals surface area contributed by atoms with Gasteiger partial charge in [0.1, 0.15) is 5.75 Å². The Morgan fingerprint density at radius 1 is 0.893 bits per heavy atom. The Morgan fingerprint density at radius 2 is 1.50 bits per heavy atom. The normalized spacial score (nSPS) is 18.8. The average Bonchev–Trinajstić information content (AvgIpc) is 2.90. The lowest BCUT2D eigenvalue weighted by molar-refractivity contribution is 0.00578. The van der Waals surface area contributed by atoms with Crippen LogP contribution in [-0.4, -0.2) is 32.0 Å². The molecule has 2 aromatic rings. The summed E-state index contributed by atoms with van der Waals surface area (Å²) >= 11 is 0. The van der Waals surface area contributed by atoms with Gasteiger partial charge in [-0.2, -0.15) is 0 Å². The maximum Gasteiger partial charge on any atom is 0.465 e. The average molecular weight is 382 g/mol. The molecule has 5 heteroatoms. The lowest BCUT2D eigenvalue weighted by Gasteiger charge is -2.32. The fourth-order valence-electron chi connectivity index (χ4n) is 3.34. The van der Waals surface area contributed by atoms with E-state index in [2.05, 4.69) is 52.0 Å². The van der Waals surface area contributed by atoms with Gasteiger partial charge in [-0.3, -0.25) is 0 Å². The second kappa shape index (κ2) is 8.68. The zero-order valence-electron chi connectivity index (χ0n) is 17.6. The summed E-state index contributed by atoms with van der Waals surface area (Å²) in [5.74, 6) is 0.930. The highest BCUT2D eigenvalue weighted by atomic mass is 16.7. The second-order valence-corrected chi connectivity index (χ2v) is 8.33. The van der Waals surface area contributed by atoms with Crippen molar-refractivity contribution in [3.63, 3.8) is 0 Å². The predicted molar refractivity (Wildman–Crippen MR) is 113 cm³/mol. The monoisotopic (exact) mass is 382 g/mol. The van der Waals surface area contributed by atoms with Crippen LogP contribution in [0.15, 0.2) is 54.6 Å². The molecule has 0 bridgehead atoms. The van der Waals surface area contributed by atoms with Crippen LogP contribution in [0.25, 0.3) is 0 Å². The molecular formula is C23H31BO4. The molecule has 1 aliphatic heterocycles. The molecule has 1 atom stereocenters. The third-order valence-electron chi connectivity index (χ3n) is 5.83. The Morgan fingerprint density at radius 3 is 2.07 bits per heavy atom. The van der Waals surface area contributed by atoms with Crippen molar-refractivity contribution in [1.82, 2.24) is 0 Å². The van der Waals surface area contributed by atoms with Gasteiger partial charge in [-0.05, 0) is 57.4 Å². The van der Waals surface area contributed by atoms with E-state index in [1.54, 1.807) is 7.11 Å². The third kappa shape index (κ3) is 4.77. The van der Waals surface area contributed by atoms with Crippen LogP contribution in [0, 0.1) is 0 Å². The second-order valence-electron chi connectivity index (χ2n) is 8.33. The van der Waals surface area contributed by atoms with Crippen molar-refractivity contribution in [3.8, 4) is 5.75 Å². The number of rotatable bonds is 8. The van der Waals surface area contributed by atoms with Gasteiger partial charge in [0.25, 0.3) is 0 Å². The molecule has 0 aromatic heterocycles. The van der Waals surface area contributed by atoms with E-state index in [9.17, 15) is 0 Å². The van der Waals surface area contributed by atoms with Crippen LogP contribution in [0.2, 0.25) is 0 Å². The molecule has 3 rings (SSSR count). The van der Waals surface area contributed by atoms with Crippen LogP contribution in [0.3, 0.4) is 0 Å².